The zero-order chi connectivity index (χ0) is 9.45. The van der Waals surface area contributed by atoms with Crippen LogP contribution < -0.4 is 0 Å². The van der Waals surface area contributed by atoms with E-state index in [-0.39, 0.29) is 0 Å². The van der Waals surface area contributed by atoms with Gasteiger partial charge in [-0.05, 0) is 26.7 Å². The van der Waals surface area contributed by atoms with Crippen molar-refractivity contribution in [3.63, 3.8) is 0 Å². The first-order valence-electron chi connectivity index (χ1n) is 4.21. The molecule has 0 bridgehead atoms. The molecule has 0 aliphatic rings. The first-order valence-corrected chi connectivity index (χ1v) is 4.21. The highest BCUT2D eigenvalue weighted by molar-refractivity contribution is 5.01. The standard InChI is InChI=1S/C11H18O/c1-4-5-6-7-8-9-10-11(2,3)12/h4-6,8-9,12H,1,7,10H2,2-3H3. The number of rotatable bonds is 5. The van der Waals surface area contributed by atoms with Crippen molar-refractivity contribution in [3.8, 4) is 0 Å². The van der Waals surface area contributed by atoms with Crippen LogP contribution in [0, 0.1) is 0 Å². The van der Waals surface area contributed by atoms with Crippen molar-refractivity contribution in [2.45, 2.75) is 32.3 Å². The lowest BCUT2D eigenvalue weighted by Crippen LogP contribution is -2.16. The van der Waals surface area contributed by atoms with Crippen LogP contribution in [0.4, 0.5) is 0 Å². The van der Waals surface area contributed by atoms with Gasteiger partial charge in [0, 0.05) is 0 Å². The Bertz CT molecular complexity index is 170. The molecule has 0 saturated heterocycles. The summed E-state index contributed by atoms with van der Waals surface area (Å²) in [6.45, 7) is 7.17. The van der Waals surface area contributed by atoms with E-state index in [9.17, 15) is 5.11 Å². The molecular formula is C11H18O. The summed E-state index contributed by atoms with van der Waals surface area (Å²) in [5, 5.41) is 9.33. The number of hydrogen-bond acceptors (Lipinski definition) is 1. The van der Waals surface area contributed by atoms with Crippen LogP contribution in [0.1, 0.15) is 26.7 Å². The minimum Gasteiger partial charge on any atom is -0.390 e. The zero-order valence-electron chi connectivity index (χ0n) is 7.96. The van der Waals surface area contributed by atoms with Gasteiger partial charge in [0.25, 0.3) is 0 Å². The first-order chi connectivity index (χ1) is 5.56. The number of allylic oxidation sites excluding steroid dienone is 4. The molecule has 0 rings (SSSR count). The summed E-state index contributed by atoms with van der Waals surface area (Å²) in [6, 6.07) is 0. The maximum Gasteiger partial charge on any atom is 0.0626 e. The van der Waals surface area contributed by atoms with E-state index in [4.69, 9.17) is 0 Å². The molecule has 0 atom stereocenters. The lowest BCUT2D eigenvalue weighted by atomic mass is 10.1. The van der Waals surface area contributed by atoms with E-state index in [0.717, 1.165) is 6.42 Å². The summed E-state index contributed by atoms with van der Waals surface area (Å²) in [7, 11) is 0. The Morgan fingerprint density at radius 2 is 1.92 bits per heavy atom. The fourth-order valence-corrected chi connectivity index (χ4v) is 0.721. The van der Waals surface area contributed by atoms with Crippen LogP contribution in [0.2, 0.25) is 0 Å². The molecule has 0 aromatic carbocycles. The normalized spacial score (nSPS) is 12.9. The molecular weight excluding hydrogens is 148 g/mol. The molecule has 0 aromatic rings. The topological polar surface area (TPSA) is 20.2 Å². The summed E-state index contributed by atoms with van der Waals surface area (Å²) in [5.74, 6) is 0. The quantitative estimate of drug-likeness (QED) is 0.492. The molecule has 0 spiro atoms. The second-order valence-corrected chi connectivity index (χ2v) is 3.39. The smallest absolute Gasteiger partial charge is 0.0626 e. The molecule has 1 nitrogen and oxygen atoms in total. The van der Waals surface area contributed by atoms with Gasteiger partial charge in [0.2, 0.25) is 0 Å². The maximum atomic E-state index is 9.33. The van der Waals surface area contributed by atoms with Crippen molar-refractivity contribution in [3.05, 3.63) is 37.0 Å². The summed E-state index contributed by atoms with van der Waals surface area (Å²) in [5.41, 5.74) is -0.585. The first kappa shape index (κ1) is 11.2. The highest BCUT2D eigenvalue weighted by atomic mass is 16.3. The van der Waals surface area contributed by atoms with Crippen molar-refractivity contribution in [2.24, 2.45) is 0 Å². The van der Waals surface area contributed by atoms with Crippen LogP contribution in [-0.4, -0.2) is 10.7 Å². The highest BCUT2D eigenvalue weighted by Gasteiger charge is 2.07. The summed E-state index contributed by atoms with van der Waals surface area (Å²) < 4.78 is 0. The van der Waals surface area contributed by atoms with Crippen molar-refractivity contribution in [1.29, 1.82) is 0 Å². The minimum absolute atomic E-state index is 0.585. The van der Waals surface area contributed by atoms with Crippen molar-refractivity contribution < 1.29 is 5.11 Å². The second kappa shape index (κ2) is 5.78. The van der Waals surface area contributed by atoms with Crippen molar-refractivity contribution in [2.75, 3.05) is 0 Å². The molecule has 0 amide bonds. The Balaban J connectivity index is 3.51. The van der Waals surface area contributed by atoms with E-state index in [2.05, 4.69) is 6.58 Å². The monoisotopic (exact) mass is 166 g/mol. The van der Waals surface area contributed by atoms with E-state index in [1.807, 2.05) is 24.3 Å². The third-order valence-electron chi connectivity index (χ3n) is 1.33. The molecule has 0 aromatic heterocycles. The van der Waals surface area contributed by atoms with Crippen LogP contribution in [0.3, 0.4) is 0 Å². The SMILES string of the molecule is C=CC=CCC=CCC(C)(C)O. The van der Waals surface area contributed by atoms with Gasteiger partial charge in [-0.1, -0.05) is 37.0 Å². The van der Waals surface area contributed by atoms with Gasteiger partial charge in [0.1, 0.15) is 0 Å². The third-order valence-corrected chi connectivity index (χ3v) is 1.33. The number of hydrogen-bond donors (Lipinski definition) is 1. The van der Waals surface area contributed by atoms with Gasteiger partial charge in [-0.25, -0.2) is 0 Å². The van der Waals surface area contributed by atoms with E-state index >= 15 is 0 Å². The molecule has 0 fully saturated rings. The van der Waals surface area contributed by atoms with Gasteiger partial charge < -0.3 is 5.11 Å². The summed E-state index contributed by atoms with van der Waals surface area (Å²) in [6.07, 6.45) is 11.3. The Hall–Kier alpha value is -0.820. The molecule has 0 radical (unpaired) electrons. The van der Waals surface area contributed by atoms with Gasteiger partial charge >= 0.3 is 0 Å². The molecule has 68 valence electrons. The molecule has 1 N–H and O–H groups in total. The third kappa shape index (κ3) is 9.18. The van der Waals surface area contributed by atoms with Crippen molar-refractivity contribution in [1.82, 2.24) is 0 Å². The van der Waals surface area contributed by atoms with Crippen LogP contribution in [0.15, 0.2) is 37.0 Å². The van der Waals surface area contributed by atoms with Gasteiger partial charge in [0.05, 0.1) is 5.60 Å². The van der Waals surface area contributed by atoms with Gasteiger partial charge in [-0.15, -0.1) is 0 Å². The maximum absolute atomic E-state index is 9.33. The average Bonchev–Trinajstić information content (AvgIpc) is 1.94. The van der Waals surface area contributed by atoms with Crippen LogP contribution in [0.5, 0.6) is 0 Å². The minimum atomic E-state index is -0.585. The van der Waals surface area contributed by atoms with Gasteiger partial charge in [0.15, 0.2) is 0 Å². The molecule has 1 heteroatoms. The van der Waals surface area contributed by atoms with E-state index in [1.54, 1.807) is 19.9 Å². The fourth-order valence-electron chi connectivity index (χ4n) is 0.721. The molecule has 0 aliphatic heterocycles. The largest absolute Gasteiger partial charge is 0.390 e. The Morgan fingerprint density at radius 3 is 2.42 bits per heavy atom. The summed E-state index contributed by atoms with van der Waals surface area (Å²) in [4.78, 5) is 0. The second-order valence-electron chi connectivity index (χ2n) is 3.39. The van der Waals surface area contributed by atoms with E-state index < -0.39 is 5.60 Å². The van der Waals surface area contributed by atoms with Crippen molar-refractivity contribution >= 4 is 0 Å². The van der Waals surface area contributed by atoms with Crippen LogP contribution in [0.25, 0.3) is 0 Å². The van der Waals surface area contributed by atoms with Crippen LogP contribution >= 0.6 is 0 Å². The van der Waals surface area contributed by atoms with E-state index in [0.29, 0.717) is 6.42 Å². The lowest BCUT2D eigenvalue weighted by molar-refractivity contribution is 0.0838. The molecule has 0 heterocycles. The molecule has 0 unspecified atom stereocenters. The summed E-state index contributed by atoms with van der Waals surface area (Å²) >= 11 is 0. The number of aliphatic hydroxyl groups is 1. The van der Waals surface area contributed by atoms with Gasteiger partial charge in [-0.3, -0.25) is 0 Å². The average molecular weight is 166 g/mol. The predicted molar refractivity (Wildman–Crippen MR) is 54.0 cm³/mol. The molecule has 0 saturated carbocycles. The van der Waals surface area contributed by atoms with E-state index in [1.165, 1.54) is 0 Å². The lowest BCUT2D eigenvalue weighted by Gasteiger charge is -2.12. The molecule has 0 aliphatic carbocycles. The highest BCUT2D eigenvalue weighted by Crippen LogP contribution is 2.07. The van der Waals surface area contributed by atoms with Gasteiger partial charge in [-0.2, -0.15) is 0 Å². The molecule has 12 heavy (non-hydrogen) atoms. The Labute approximate surface area is 75.1 Å². The fraction of sp³-hybridized carbons (Fsp3) is 0.455. The zero-order valence-corrected chi connectivity index (χ0v) is 7.96. The Kier molecular flexibility index (Phi) is 5.39. The van der Waals surface area contributed by atoms with Crippen LogP contribution in [-0.2, 0) is 0 Å². The predicted octanol–water partition coefficient (Wildman–Crippen LogP) is 2.84. The Morgan fingerprint density at radius 1 is 1.25 bits per heavy atom.